The third-order valence-corrected chi connectivity index (χ3v) is 2.84. The number of nitrogens with two attached hydrogens (primary N) is 1. The van der Waals surface area contributed by atoms with Crippen molar-refractivity contribution in [3.8, 4) is 0 Å². The van der Waals surface area contributed by atoms with Crippen molar-refractivity contribution >= 4 is 17.6 Å². The highest BCUT2D eigenvalue weighted by Crippen LogP contribution is 2.17. The molecule has 1 aromatic rings. The van der Waals surface area contributed by atoms with E-state index < -0.39 is 0 Å². The van der Waals surface area contributed by atoms with Crippen molar-refractivity contribution in [2.24, 2.45) is 5.92 Å². The topological polar surface area (TPSA) is 72.0 Å². The summed E-state index contributed by atoms with van der Waals surface area (Å²) in [6.07, 6.45) is 0. The molecule has 0 amide bonds. The number of thioether (sulfide) groups is 1. The summed E-state index contributed by atoms with van der Waals surface area (Å²) < 4.78 is 0. The van der Waals surface area contributed by atoms with Crippen molar-refractivity contribution in [2.45, 2.75) is 19.0 Å². The summed E-state index contributed by atoms with van der Waals surface area (Å²) in [4.78, 5) is 8.32. The lowest BCUT2D eigenvalue weighted by molar-refractivity contribution is 0.250. The van der Waals surface area contributed by atoms with Crippen LogP contribution in [0, 0.1) is 12.8 Å². The van der Waals surface area contributed by atoms with Gasteiger partial charge in [-0.15, -0.1) is 0 Å². The molecule has 0 saturated heterocycles. The Morgan fingerprint density at radius 3 is 2.86 bits per heavy atom. The highest BCUT2D eigenvalue weighted by Gasteiger charge is 2.04. The van der Waals surface area contributed by atoms with E-state index in [-0.39, 0.29) is 12.5 Å². The van der Waals surface area contributed by atoms with Crippen LogP contribution in [0.2, 0.25) is 0 Å². The maximum atomic E-state index is 8.84. The van der Waals surface area contributed by atoms with E-state index in [0.717, 1.165) is 11.4 Å². The summed E-state index contributed by atoms with van der Waals surface area (Å²) in [5, 5.41) is 9.53. The number of hydrogen-bond donors (Lipinski definition) is 2. The number of rotatable bonds is 4. The molecule has 78 valence electrons. The summed E-state index contributed by atoms with van der Waals surface area (Å²) in [7, 11) is 0. The quantitative estimate of drug-likeness (QED) is 0.578. The van der Waals surface area contributed by atoms with Gasteiger partial charge in [-0.25, -0.2) is 9.97 Å². The SMILES string of the molecule is Cc1cc(N)nc(SCC(C)CO)n1. The van der Waals surface area contributed by atoms with Gasteiger partial charge >= 0.3 is 0 Å². The first-order valence-electron chi connectivity index (χ1n) is 4.46. The highest BCUT2D eigenvalue weighted by molar-refractivity contribution is 7.99. The maximum Gasteiger partial charge on any atom is 0.189 e. The molecule has 3 N–H and O–H groups in total. The van der Waals surface area contributed by atoms with Crippen LogP contribution in [0.15, 0.2) is 11.2 Å². The summed E-state index contributed by atoms with van der Waals surface area (Å²) in [5.74, 6) is 1.56. The van der Waals surface area contributed by atoms with Gasteiger partial charge in [-0.2, -0.15) is 0 Å². The highest BCUT2D eigenvalue weighted by atomic mass is 32.2. The lowest BCUT2D eigenvalue weighted by Gasteiger charge is -2.06. The third-order valence-electron chi connectivity index (χ3n) is 1.66. The van der Waals surface area contributed by atoms with Gasteiger partial charge < -0.3 is 10.8 Å². The molecule has 0 aliphatic carbocycles. The first kappa shape index (κ1) is 11.3. The van der Waals surface area contributed by atoms with E-state index in [9.17, 15) is 0 Å². The molecule has 0 aliphatic rings. The molecule has 0 aliphatic heterocycles. The number of aryl methyl sites for hydroxylation is 1. The fraction of sp³-hybridized carbons (Fsp3) is 0.556. The second-order valence-corrected chi connectivity index (χ2v) is 4.30. The normalized spacial score (nSPS) is 12.8. The van der Waals surface area contributed by atoms with Gasteiger partial charge in [0.15, 0.2) is 5.16 Å². The molecule has 14 heavy (non-hydrogen) atoms. The summed E-state index contributed by atoms with van der Waals surface area (Å²) in [6, 6.07) is 1.74. The molecule has 5 heteroatoms. The first-order valence-corrected chi connectivity index (χ1v) is 5.45. The van der Waals surface area contributed by atoms with Crippen molar-refractivity contribution in [1.29, 1.82) is 0 Å². The number of hydrogen-bond acceptors (Lipinski definition) is 5. The Kier molecular flexibility index (Phi) is 4.16. The number of aliphatic hydroxyl groups excluding tert-OH is 1. The summed E-state index contributed by atoms with van der Waals surface area (Å²) in [6.45, 7) is 4.05. The van der Waals surface area contributed by atoms with E-state index in [0.29, 0.717) is 11.0 Å². The van der Waals surface area contributed by atoms with Crippen molar-refractivity contribution in [1.82, 2.24) is 9.97 Å². The molecular weight excluding hydrogens is 198 g/mol. The smallest absolute Gasteiger partial charge is 0.189 e. The van der Waals surface area contributed by atoms with Gasteiger partial charge in [0.1, 0.15) is 5.82 Å². The van der Waals surface area contributed by atoms with Crippen LogP contribution in [-0.2, 0) is 0 Å². The van der Waals surface area contributed by atoms with Crippen molar-refractivity contribution < 1.29 is 5.11 Å². The Morgan fingerprint density at radius 2 is 2.29 bits per heavy atom. The van der Waals surface area contributed by atoms with Crippen LogP contribution in [0.3, 0.4) is 0 Å². The standard InChI is InChI=1S/C9H15N3OS/c1-6(4-13)5-14-9-11-7(2)3-8(10)12-9/h3,6,13H,4-5H2,1-2H3,(H2,10,11,12). The molecule has 0 fully saturated rings. The molecule has 1 aromatic heterocycles. The second-order valence-electron chi connectivity index (χ2n) is 3.32. The Labute approximate surface area is 88.0 Å². The predicted molar refractivity (Wildman–Crippen MR) is 58.2 cm³/mol. The predicted octanol–water partition coefficient (Wildman–Crippen LogP) is 1.09. The summed E-state index contributed by atoms with van der Waals surface area (Å²) >= 11 is 1.52. The van der Waals surface area contributed by atoms with E-state index >= 15 is 0 Å². The van der Waals surface area contributed by atoms with Crippen LogP contribution in [0.4, 0.5) is 5.82 Å². The Bertz CT molecular complexity index is 286. The lowest BCUT2D eigenvalue weighted by atomic mass is 10.2. The van der Waals surface area contributed by atoms with Crippen molar-refractivity contribution in [2.75, 3.05) is 18.1 Å². The molecule has 0 saturated carbocycles. The van der Waals surface area contributed by atoms with Gasteiger partial charge in [0.2, 0.25) is 0 Å². The van der Waals surface area contributed by atoms with Gasteiger partial charge in [-0.1, -0.05) is 18.7 Å². The molecule has 1 atom stereocenters. The van der Waals surface area contributed by atoms with Crippen LogP contribution in [0.1, 0.15) is 12.6 Å². The fourth-order valence-electron chi connectivity index (χ4n) is 0.899. The van der Waals surface area contributed by atoms with Gasteiger partial charge in [-0.05, 0) is 12.8 Å². The van der Waals surface area contributed by atoms with Crippen LogP contribution in [-0.4, -0.2) is 27.4 Å². The third kappa shape index (κ3) is 3.51. The molecule has 0 bridgehead atoms. The Hall–Kier alpha value is -0.810. The zero-order valence-electron chi connectivity index (χ0n) is 8.40. The zero-order chi connectivity index (χ0) is 10.6. The van der Waals surface area contributed by atoms with Gasteiger partial charge in [0.25, 0.3) is 0 Å². The molecule has 0 spiro atoms. The Balaban J connectivity index is 2.58. The molecule has 1 heterocycles. The number of aromatic nitrogens is 2. The molecule has 0 radical (unpaired) electrons. The molecule has 0 aromatic carbocycles. The zero-order valence-corrected chi connectivity index (χ0v) is 9.21. The minimum atomic E-state index is 0.189. The second kappa shape index (κ2) is 5.17. The van der Waals surface area contributed by atoms with Crippen LogP contribution >= 0.6 is 11.8 Å². The summed E-state index contributed by atoms with van der Waals surface area (Å²) in [5.41, 5.74) is 6.46. The average molecular weight is 213 g/mol. The number of nitrogen functional groups attached to an aromatic ring is 1. The van der Waals surface area contributed by atoms with Gasteiger partial charge in [0, 0.05) is 24.1 Å². The fourth-order valence-corrected chi connectivity index (χ4v) is 1.82. The number of nitrogens with zero attached hydrogens (tertiary/aromatic N) is 2. The van der Waals surface area contributed by atoms with E-state index in [1.807, 2.05) is 13.8 Å². The molecule has 1 unspecified atom stereocenters. The van der Waals surface area contributed by atoms with E-state index in [1.165, 1.54) is 11.8 Å². The minimum Gasteiger partial charge on any atom is -0.396 e. The molecular formula is C9H15N3OS. The van der Waals surface area contributed by atoms with E-state index in [1.54, 1.807) is 6.07 Å². The van der Waals surface area contributed by atoms with Gasteiger partial charge in [0.05, 0.1) is 0 Å². The van der Waals surface area contributed by atoms with Crippen LogP contribution in [0.5, 0.6) is 0 Å². The molecule has 1 rings (SSSR count). The number of anilines is 1. The van der Waals surface area contributed by atoms with E-state index in [4.69, 9.17) is 10.8 Å². The first-order chi connectivity index (χ1) is 6.61. The maximum absolute atomic E-state index is 8.84. The Morgan fingerprint density at radius 1 is 1.57 bits per heavy atom. The van der Waals surface area contributed by atoms with Crippen LogP contribution in [0.25, 0.3) is 0 Å². The molecule has 4 nitrogen and oxygen atoms in total. The lowest BCUT2D eigenvalue weighted by Crippen LogP contribution is -2.04. The van der Waals surface area contributed by atoms with Gasteiger partial charge in [-0.3, -0.25) is 0 Å². The number of aliphatic hydroxyl groups is 1. The van der Waals surface area contributed by atoms with Crippen molar-refractivity contribution in [3.05, 3.63) is 11.8 Å². The van der Waals surface area contributed by atoms with Crippen LogP contribution < -0.4 is 5.73 Å². The average Bonchev–Trinajstić information content (AvgIpc) is 2.12. The largest absolute Gasteiger partial charge is 0.396 e. The monoisotopic (exact) mass is 213 g/mol. The van der Waals surface area contributed by atoms with Crippen molar-refractivity contribution in [3.63, 3.8) is 0 Å². The van der Waals surface area contributed by atoms with E-state index in [2.05, 4.69) is 9.97 Å². The minimum absolute atomic E-state index is 0.189.